The van der Waals surface area contributed by atoms with Gasteiger partial charge in [-0.15, -0.1) is 0 Å². The summed E-state index contributed by atoms with van der Waals surface area (Å²) in [5.41, 5.74) is 0.715. The van der Waals surface area contributed by atoms with Crippen molar-refractivity contribution in [1.82, 2.24) is 9.66 Å². The summed E-state index contributed by atoms with van der Waals surface area (Å²) in [5.74, 6) is 0.259. The minimum atomic E-state index is -0.633. The second-order valence-corrected chi connectivity index (χ2v) is 7.18. The predicted octanol–water partition coefficient (Wildman–Crippen LogP) is 4.15. The van der Waals surface area contributed by atoms with Crippen LogP contribution in [0.5, 0.6) is 11.5 Å². The quantitative estimate of drug-likeness (QED) is 0.215. The van der Waals surface area contributed by atoms with Crippen LogP contribution in [0.4, 0.5) is 5.69 Å². The minimum absolute atomic E-state index is 0.0886. The maximum absolute atomic E-state index is 13.3. The van der Waals surface area contributed by atoms with Gasteiger partial charge in [0.25, 0.3) is 5.56 Å². The lowest BCUT2D eigenvalue weighted by atomic mass is 10.2. The number of fused-ring (bicyclic) bond motifs is 1. The van der Waals surface area contributed by atoms with Gasteiger partial charge in [0.05, 0.1) is 28.6 Å². The van der Waals surface area contributed by atoms with E-state index in [0.29, 0.717) is 27.9 Å². The van der Waals surface area contributed by atoms with Crippen molar-refractivity contribution >= 4 is 22.8 Å². The van der Waals surface area contributed by atoms with E-state index in [0.717, 1.165) is 4.68 Å². The molecule has 4 rings (SSSR count). The molecule has 174 valence electrons. The predicted molar refractivity (Wildman–Crippen MR) is 130 cm³/mol. The number of nitro benzene ring substituents is 1. The van der Waals surface area contributed by atoms with Crippen molar-refractivity contribution < 1.29 is 14.4 Å². The van der Waals surface area contributed by atoms with Crippen molar-refractivity contribution in [2.24, 2.45) is 5.10 Å². The second-order valence-electron chi connectivity index (χ2n) is 7.18. The van der Waals surface area contributed by atoms with Crippen LogP contribution in [0.2, 0.25) is 0 Å². The lowest BCUT2D eigenvalue weighted by molar-refractivity contribution is -0.385. The lowest BCUT2D eigenvalue weighted by Gasteiger charge is -2.12. The van der Waals surface area contributed by atoms with Crippen LogP contribution in [0, 0.1) is 21.4 Å². The molecule has 0 unspecified atom stereocenters. The molecule has 0 fully saturated rings. The fourth-order valence-electron chi connectivity index (χ4n) is 3.46. The molecule has 0 spiro atoms. The number of hydrogen-bond donors (Lipinski definition) is 0. The van der Waals surface area contributed by atoms with E-state index in [4.69, 9.17) is 14.7 Å². The molecule has 0 saturated carbocycles. The number of nitrogens with zero attached hydrogens (tertiary/aromatic N) is 5. The largest absolute Gasteiger partial charge is 0.490 e. The van der Waals surface area contributed by atoms with Gasteiger partial charge in [-0.25, -0.2) is 4.98 Å². The van der Waals surface area contributed by atoms with Gasteiger partial charge in [-0.1, -0.05) is 42.5 Å². The Labute approximate surface area is 199 Å². The third kappa shape index (κ3) is 4.84. The van der Waals surface area contributed by atoms with Gasteiger partial charge in [-0.3, -0.25) is 14.9 Å². The Morgan fingerprint density at radius 3 is 2.60 bits per heavy atom. The Morgan fingerprint density at radius 1 is 1.14 bits per heavy atom. The first-order valence-electron chi connectivity index (χ1n) is 10.6. The summed E-state index contributed by atoms with van der Waals surface area (Å²) in [5, 5.41) is 25.2. The monoisotopic (exact) mass is 469 g/mol. The van der Waals surface area contributed by atoms with Crippen molar-refractivity contribution in [2.45, 2.75) is 6.92 Å². The molecule has 0 bridgehead atoms. The molecule has 1 aromatic heterocycles. The van der Waals surface area contributed by atoms with Crippen LogP contribution in [-0.2, 0) is 0 Å². The summed E-state index contributed by atoms with van der Waals surface area (Å²) in [4.78, 5) is 29.0. The van der Waals surface area contributed by atoms with Crippen molar-refractivity contribution in [3.63, 3.8) is 0 Å². The number of rotatable bonds is 8. The summed E-state index contributed by atoms with van der Waals surface area (Å²) >= 11 is 0. The van der Waals surface area contributed by atoms with Crippen LogP contribution < -0.4 is 15.0 Å². The van der Waals surface area contributed by atoms with Gasteiger partial charge in [-0.2, -0.15) is 15.0 Å². The second kappa shape index (κ2) is 10.3. The van der Waals surface area contributed by atoms with Crippen LogP contribution in [0.25, 0.3) is 22.3 Å². The zero-order chi connectivity index (χ0) is 24.8. The average Bonchev–Trinajstić information content (AvgIpc) is 2.87. The van der Waals surface area contributed by atoms with E-state index in [1.54, 1.807) is 37.3 Å². The van der Waals surface area contributed by atoms with Gasteiger partial charge in [0.15, 0.2) is 18.2 Å². The molecule has 1 heterocycles. The molecule has 0 aliphatic rings. The van der Waals surface area contributed by atoms with Gasteiger partial charge in [0.1, 0.15) is 6.07 Å². The standard InChI is InChI=1S/C25H19N5O5/c1-2-34-22-15-17(14-21(30(32)33)23(22)35-13-12-26)16-27-29-24(18-8-4-3-5-9-18)28-20-11-7-6-10-19(20)25(29)31/h3-11,14-16H,2,13H2,1H3. The van der Waals surface area contributed by atoms with Crippen molar-refractivity contribution in [3.05, 3.63) is 92.8 Å². The zero-order valence-corrected chi connectivity index (χ0v) is 18.6. The summed E-state index contributed by atoms with van der Waals surface area (Å²) < 4.78 is 11.9. The van der Waals surface area contributed by atoms with Crippen LogP contribution in [0.3, 0.4) is 0 Å². The lowest BCUT2D eigenvalue weighted by Crippen LogP contribution is -2.20. The number of aromatic nitrogens is 2. The van der Waals surface area contributed by atoms with Gasteiger partial charge >= 0.3 is 5.69 Å². The van der Waals surface area contributed by atoms with E-state index in [-0.39, 0.29) is 36.0 Å². The molecule has 4 aromatic rings. The Bertz CT molecular complexity index is 1520. The van der Waals surface area contributed by atoms with Gasteiger partial charge in [-0.05, 0) is 25.1 Å². The van der Waals surface area contributed by atoms with Gasteiger partial charge < -0.3 is 9.47 Å². The fourth-order valence-corrected chi connectivity index (χ4v) is 3.46. The zero-order valence-electron chi connectivity index (χ0n) is 18.6. The highest BCUT2D eigenvalue weighted by molar-refractivity contribution is 5.84. The molecular formula is C25H19N5O5. The molecule has 0 aliphatic carbocycles. The molecule has 0 atom stereocenters. The number of nitriles is 1. The maximum Gasteiger partial charge on any atom is 0.315 e. The van der Waals surface area contributed by atoms with Crippen molar-refractivity contribution in [3.8, 4) is 29.0 Å². The highest BCUT2D eigenvalue weighted by Crippen LogP contribution is 2.38. The molecule has 0 aliphatic heterocycles. The number of ether oxygens (including phenoxy) is 2. The molecule has 10 nitrogen and oxygen atoms in total. The number of nitro groups is 1. The first-order valence-corrected chi connectivity index (χ1v) is 10.6. The molecule has 0 saturated heterocycles. The molecule has 35 heavy (non-hydrogen) atoms. The molecule has 0 amide bonds. The fraction of sp³-hybridized carbons (Fsp3) is 0.120. The van der Waals surface area contributed by atoms with Crippen molar-refractivity contribution in [1.29, 1.82) is 5.26 Å². The normalized spacial score (nSPS) is 10.9. The summed E-state index contributed by atoms with van der Waals surface area (Å²) in [6.07, 6.45) is 1.31. The van der Waals surface area contributed by atoms with E-state index < -0.39 is 4.92 Å². The smallest absolute Gasteiger partial charge is 0.315 e. The van der Waals surface area contributed by atoms with Crippen LogP contribution in [0.15, 0.2) is 76.6 Å². The Kier molecular flexibility index (Phi) is 6.78. The first-order chi connectivity index (χ1) is 17.0. The molecular weight excluding hydrogens is 450 g/mol. The highest BCUT2D eigenvalue weighted by atomic mass is 16.6. The van der Waals surface area contributed by atoms with Crippen LogP contribution >= 0.6 is 0 Å². The van der Waals surface area contributed by atoms with Crippen LogP contribution in [-0.4, -0.2) is 34.0 Å². The van der Waals surface area contributed by atoms with E-state index in [1.165, 1.54) is 18.3 Å². The first kappa shape index (κ1) is 23.1. The summed E-state index contributed by atoms with van der Waals surface area (Å²) in [6.45, 7) is 1.55. The molecule has 3 aromatic carbocycles. The molecule has 0 radical (unpaired) electrons. The van der Waals surface area contributed by atoms with E-state index in [1.807, 2.05) is 30.3 Å². The van der Waals surface area contributed by atoms with E-state index >= 15 is 0 Å². The topological polar surface area (TPSA) is 133 Å². The van der Waals surface area contributed by atoms with E-state index in [9.17, 15) is 14.9 Å². The third-order valence-electron chi connectivity index (χ3n) is 4.94. The Morgan fingerprint density at radius 2 is 1.89 bits per heavy atom. The average molecular weight is 469 g/mol. The maximum atomic E-state index is 13.3. The number of hydrogen-bond acceptors (Lipinski definition) is 8. The number of benzene rings is 3. The Balaban J connectivity index is 1.88. The summed E-state index contributed by atoms with van der Waals surface area (Å²) in [6, 6.07) is 20.6. The minimum Gasteiger partial charge on any atom is -0.490 e. The van der Waals surface area contributed by atoms with Gasteiger partial charge in [0, 0.05) is 17.2 Å². The molecule has 10 heteroatoms. The van der Waals surface area contributed by atoms with Crippen molar-refractivity contribution in [2.75, 3.05) is 13.2 Å². The van der Waals surface area contributed by atoms with Crippen LogP contribution in [0.1, 0.15) is 12.5 Å². The van der Waals surface area contributed by atoms with Gasteiger partial charge in [0.2, 0.25) is 5.75 Å². The SMILES string of the molecule is CCOc1cc(C=Nn2c(-c3ccccc3)nc3ccccc3c2=O)cc([N+](=O)[O-])c1OCC#N. The third-order valence-corrected chi connectivity index (χ3v) is 4.94. The van der Waals surface area contributed by atoms with E-state index in [2.05, 4.69) is 10.1 Å². The highest BCUT2D eigenvalue weighted by Gasteiger charge is 2.22. The summed E-state index contributed by atoms with van der Waals surface area (Å²) in [7, 11) is 0. The Hall–Kier alpha value is -5.04. The molecule has 0 N–H and O–H groups in total. The number of para-hydroxylation sites is 1.